The van der Waals surface area contributed by atoms with Crippen LogP contribution in [-0.4, -0.2) is 50.7 Å². The summed E-state index contributed by atoms with van der Waals surface area (Å²) >= 11 is 1.42. The van der Waals surface area contributed by atoms with Gasteiger partial charge < -0.3 is 20.4 Å². The number of aliphatic hydroxyl groups excluding tert-OH is 2. The molecular weight excluding hydrogens is 474 g/mol. The Labute approximate surface area is 215 Å². The molecule has 3 N–H and O–H groups in total. The molecule has 1 saturated heterocycles. The van der Waals surface area contributed by atoms with E-state index in [4.69, 9.17) is 0 Å². The maximum atomic E-state index is 13.0. The maximum Gasteiger partial charge on any atom is 0.255 e. The van der Waals surface area contributed by atoms with Crippen LogP contribution in [0.25, 0.3) is 0 Å². The molecule has 2 heterocycles. The number of carbonyl (C=O) groups is 2. The van der Waals surface area contributed by atoms with Crippen LogP contribution in [0.2, 0.25) is 0 Å². The number of aromatic nitrogens is 1. The molecule has 36 heavy (non-hydrogen) atoms. The zero-order valence-corrected chi connectivity index (χ0v) is 21.7. The van der Waals surface area contributed by atoms with Crippen LogP contribution in [-0.2, 0) is 22.6 Å². The van der Waals surface area contributed by atoms with Gasteiger partial charge in [0, 0.05) is 18.3 Å². The van der Waals surface area contributed by atoms with Crippen LogP contribution in [0.15, 0.2) is 47.8 Å². The average molecular weight is 508 g/mol. The normalized spacial score (nSPS) is 17.1. The van der Waals surface area contributed by atoms with E-state index in [1.54, 1.807) is 4.90 Å². The smallest absolute Gasteiger partial charge is 0.255 e. The lowest BCUT2D eigenvalue weighted by Crippen LogP contribution is -2.50. The third-order valence-corrected chi connectivity index (χ3v) is 7.70. The Morgan fingerprint density at radius 3 is 2.56 bits per heavy atom. The number of carbonyl (C=O) groups excluding carboxylic acids is 2. The van der Waals surface area contributed by atoms with Gasteiger partial charge in [-0.05, 0) is 55.9 Å². The van der Waals surface area contributed by atoms with E-state index in [0.717, 1.165) is 29.7 Å². The second kappa shape index (κ2) is 11.3. The van der Waals surface area contributed by atoms with E-state index >= 15 is 0 Å². The Morgan fingerprint density at radius 2 is 1.83 bits per heavy atom. The molecule has 1 aromatic heterocycles. The summed E-state index contributed by atoms with van der Waals surface area (Å²) in [5.41, 5.74) is 6.65. The molecule has 7 nitrogen and oxygen atoms in total. The summed E-state index contributed by atoms with van der Waals surface area (Å²) in [4.78, 5) is 31.7. The van der Waals surface area contributed by atoms with Gasteiger partial charge in [0.15, 0.2) is 12.2 Å². The van der Waals surface area contributed by atoms with Crippen LogP contribution in [0.1, 0.15) is 57.4 Å². The molecule has 0 saturated carbocycles. The number of likely N-dealkylation sites (tertiary alicyclic amines) is 1. The van der Waals surface area contributed by atoms with Gasteiger partial charge in [0.05, 0.1) is 18.3 Å². The van der Waals surface area contributed by atoms with Crippen molar-refractivity contribution in [2.24, 2.45) is 0 Å². The summed E-state index contributed by atoms with van der Waals surface area (Å²) < 4.78 is 0. The van der Waals surface area contributed by atoms with E-state index in [1.165, 1.54) is 28.0 Å². The number of aliphatic hydroxyl groups is 2. The summed E-state index contributed by atoms with van der Waals surface area (Å²) in [6, 6.07) is 13.9. The van der Waals surface area contributed by atoms with E-state index in [2.05, 4.69) is 36.3 Å². The van der Waals surface area contributed by atoms with Gasteiger partial charge in [0.1, 0.15) is 5.01 Å². The number of hydrogen-bond acceptors (Lipinski definition) is 6. The molecule has 2 aromatic carbocycles. The standard InChI is InChI=1S/C28H33N3O4S/c1-17-7-4-10-20(13-17)23-11-6-12-31(23)28(35)26(33)25(32)27(34)29-15-24-30-21(16-36-24)14-22-18(2)8-5-9-19(22)3/h4-5,7-10,13,16,23,25-26,32-33H,6,11-12,14-15H2,1-3H3,(H,29,34)/t23?,25?,26-/m1/s1. The Bertz CT molecular complexity index is 1220. The molecule has 2 unspecified atom stereocenters. The highest BCUT2D eigenvalue weighted by Gasteiger charge is 2.38. The SMILES string of the molecule is Cc1cccc(C2CCCN2C(=O)[C@H](O)C(O)C(=O)NCc2nc(Cc3c(C)cccc3C)cs2)c1. The van der Waals surface area contributed by atoms with Gasteiger partial charge in [-0.1, -0.05) is 48.0 Å². The number of nitrogens with one attached hydrogen (secondary N) is 1. The molecule has 2 amide bonds. The summed E-state index contributed by atoms with van der Waals surface area (Å²) in [6.07, 6.45) is -1.40. The Hall–Kier alpha value is -3.07. The minimum atomic E-state index is -1.86. The van der Waals surface area contributed by atoms with Crippen LogP contribution in [0.4, 0.5) is 0 Å². The van der Waals surface area contributed by atoms with Crippen molar-refractivity contribution in [1.82, 2.24) is 15.2 Å². The monoisotopic (exact) mass is 507 g/mol. The van der Waals surface area contributed by atoms with Gasteiger partial charge in [-0.25, -0.2) is 4.98 Å². The highest BCUT2D eigenvalue weighted by Crippen LogP contribution is 2.33. The molecule has 1 aliphatic heterocycles. The molecule has 8 heteroatoms. The van der Waals surface area contributed by atoms with Gasteiger partial charge in [-0.3, -0.25) is 9.59 Å². The average Bonchev–Trinajstić information content (AvgIpc) is 3.53. The van der Waals surface area contributed by atoms with Crippen molar-refractivity contribution in [3.05, 3.63) is 86.4 Å². The first-order valence-electron chi connectivity index (χ1n) is 12.2. The Balaban J connectivity index is 1.33. The van der Waals surface area contributed by atoms with Gasteiger partial charge in [-0.2, -0.15) is 0 Å². The summed E-state index contributed by atoms with van der Waals surface area (Å²) in [6.45, 7) is 6.74. The number of amides is 2. The van der Waals surface area contributed by atoms with E-state index in [-0.39, 0.29) is 12.6 Å². The Morgan fingerprint density at radius 1 is 1.11 bits per heavy atom. The number of rotatable bonds is 8. The molecule has 0 aliphatic carbocycles. The van der Waals surface area contributed by atoms with E-state index in [0.29, 0.717) is 18.0 Å². The molecule has 0 bridgehead atoms. The number of thiazole rings is 1. The molecule has 0 spiro atoms. The van der Waals surface area contributed by atoms with E-state index < -0.39 is 24.0 Å². The van der Waals surface area contributed by atoms with E-state index in [9.17, 15) is 19.8 Å². The second-order valence-corrected chi connectivity index (χ2v) is 10.4. The van der Waals surface area contributed by atoms with Crippen LogP contribution < -0.4 is 5.32 Å². The van der Waals surface area contributed by atoms with Crippen molar-refractivity contribution >= 4 is 23.2 Å². The Kier molecular flexibility index (Phi) is 8.18. The minimum Gasteiger partial charge on any atom is -0.380 e. The molecule has 3 atom stereocenters. The van der Waals surface area contributed by atoms with Crippen molar-refractivity contribution in [2.45, 2.75) is 64.8 Å². The first kappa shape index (κ1) is 26.0. The summed E-state index contributed by atoms with van der Waals surface area (Å²) in [7, 11) is 0. The largest absolute Gasteiger partial charge is 0.380 e. The summed E-state index contributed by atoms with van der Waals surface area (Å²) in [5, 5.41) is 26.2. The van der Waals surface area contributed by atoms with Crippen LogP contribution in [0.3, 0.4) is 0 Å². The lowest BCUT2D eigenvalue weighted by atomic mass is 9.99. The highest BCUT2D eigenvalue weighted by atomic mass is 32.1. The van der Waals surface area contributed by atoms with Crippen molar-refractivity contribution in [3.8, 4) is 0 Å². The fourth-order valence-corrected chi connectivity index (χ4v) is 5.52. The van der Waals surface area contributed by atoms with Crippen LogP contribution >= 0.6 is 11.3 Å². The van der Waals surface area contributed by atoms with Gasteiger partial charge in [0.2, 0.25) is 0 Å². The van der Waals surface area contributed by atoms with Crippen molar-refractivity contribution in [1.29, 1.82) is 0 Å². The van der Waals surface area contributed by atoms with Crippen LogP contribution in [0, 0.1) is 20.8 Å². The number of benzene rings is 2. The van der Waals surface area contributed by atoms with Crippen LogP contribution in [0.5, 0.6) is 0 Å². The van der Waals surface area contributed by atoms with Gasteiger partial charge >= 0.3 is 0 Å². The van der Waals surface area contributed by atoms with Crippen molar-refractivity contribution in [3.63, 3.8) is 0 Å². The number of nitrogens with zero attached hydrogens (tertiary/aromatic N) is 2. The summed E-state index contributed by atoms with van der Waals surface area (Å²) in [5.74, 6) is -1.43. The minimum absolute atomic E-state index is 0.115. The van der Waals surface area contributed by atoms with Gasteiger partial charge in [-0.15, -0.1) is 11.3 Å². The predicted molar refractivity (Wildman–Crippen MR) is 140 cm³/mol. The molecular formula is C28H33N3O4S. The predicted octanol–water partition coefficient (Wildman–Crippen LogP) is 3.36. The zero-order chi connectivity index (χ0) is 25.8. The second-order valence-electron chi connectivity index (χ2n) is 9.49. The lowest BCUT2D eigenvalue weighted by molar-refractivity contribution is -0.153. The number of hydrogen-bond donors (Lipinski definition) is 3. The van der Waals surface area contributed by atoms with E-state index in [1.807, 2.05) is 42.6 Å². The molecule has 0 radical (unpaired) electrons. The maximum absolute atomic E-state index is 13.0. The molecule has 1 aliphatic rings. The van der Waals surface area contributed by atoms with Crippen molar-refractivity contribution < 1.29 is 19.8 Å². The topological polar surface area (TPSA) is 103 Å². The molecule has 3 aromatic rings. The molecule has 4 rings (SSSR count). The van der Waals surface area contributed by atoms with Crippen molar-refractivity contribution in [2.75, 3.05) is 6.54 Å². The fourth-order valence-electron chi connectivity index (χ4n) is 4.79. The molecule has 190 valence electrons. The number of aryl methyl sites for hydroxylation is 3. The lowest BCUT2D eigenvalue weighted by Gasteiger charge is -2.28. The fraction of sp³-hybridized carbons (Fsp3) is 0.393. The first-order chi connectivity index (χ1) is 17.2. The first-order valence-corrected chi connectivity index (χ1v) is 13.1. The molecule has 1 fully saturated rings. The quantitative estimate of drug-likeness (QED) is 0.434. The highest BCUT2D eigenvalue weighted by molar-refractivity contribution is 7.09. The zero-order valence-electron chi connectivity index (χ0n) is 20.9. The third kappa shape index (κ3) is 5.83. The van der Waals surface area contributed by atoms with Gasteiger partial charge in [0.25, 0.3) is 11.8 Å². The third-order valence-electron chi connectivity index (χ3n) is 6.80.